The number of aliphatic hydroxyl groups is 2. The first-order valence-corrected chi connectivity index (χ1v) is 10.6. The van der Waals surface area contributed by atoms with E-state index in [2.05, 4.69) is 0 Å². The number of hydrogen-bond donors (Lipinski definition) is 4. The Hall–Kier alpha value is -1.63. The van der Waals surface area contributed by atoms with Gasteiger partial charge >= 0.3 is 0 Å². The summed E-state index contributed by atoms with van der Waals surface area (Å²) in [5.74, 6) is 0.208. The quantitative estimate of drug-likeness (QED) is 0.571. The van der Waals surface area contributed by atoms with Crippen LogP contribution >= 0.6 is 0 Å². The highest BCUT2D eigenvalue weighted by Gasteiger charge is 2.81. The highest BCUT2D eigenvalue weighted by molar-refractivity contribution is 5.88. The minimum absolute atomic E-state index is 0.00132. The maximum absolute atomic E-state index is 13.0. The SMILES string of the molecule is C[N@+]1(CC2CC2)CC[C@@]23c4c5c(O)cc(O)c4C[C@]1(O)[C@]2(O)CCC(=O)[C@@H]3C5. The van der Waals surface area contributed by atoms with E-state index in [0.29, 0.717) is 40.9 Å². The molecular formula is C22H28NO5+. The zero-order valence-electron chi connectivity index (χ0n) is 16.2. The summed E-state index contributed by atoms with van der Waals surface area (Å²) in [5, 5.41) is 45.7. The number of phenols is 2. The van der Waals surface area contributed by atoms with Crippen molar-refractivity contribution in [3.05, 3.63) is 22.8 Å². The fourth-order valence-electron chi connectivity index (χ4n) is 7.62. The summed E-state index contributed by atoms with van der Waals surface area (Å²) < 4.78 is 0.367. The molecule has 6 nitrogen and oxygen atoms in total. The Balaban J connectivity index is 1.67. The standard InChI is InChI=1S/C22H27NO5/c1-23(11-12-2-3-12)7-6-20-15-8-13-17(25)9-18(26)14(19(13)20)10-22(23,28)21(20,27)5-4-16(15)24/h9,12,15,27-28H,2-8,10-11H2,1H3,(H-,25,26)/p+1/t15-,20+,21-,22-,23+/m0/s1. The number of quaternary nitrogens is 1. The molecule has 4 aliphatic carbocycles. The van der Waals surface area contributed by atoms with Crippen LogP contribution in [0.15, 0.2) is 6.07 Å². The fourth-order valence-corrected chi connectivity index (χ4v) is 7.62. The van der Waals surface area contributed by atoms with Gasteiger partial charge in [-0.15, -0.1) is 0 Å². The third-order valence-electron chi connectivity index (χ3n) is 9.14. The van der Waals surface area contributed by atoms with Gasteiger partial charge in [0.25, 0.3) is 0 Å². The second kappa shape index (κ2) is 4.74. The van der Waals surface area contributed by atoms with E-state index in [4.69, 9.17) is 0 Å². The number of nitrogens with zero attached hydrogens (tertiary/aromatic N) is 1. The van der Waals surface area contributed by atoms with Crippen LogP contribution in [0.3, 0.4) is 0 Å². The molecule has 5 atom stereocenters. The van der Waals surface area contributed by atoms with E-state index in [0.717, 1.165) is 24.9 Å². The molecule has 28 heavy (non-hydrogen) atoms. The highest BCUT2D eigenvalue weighted by Crippen LogP contribution is 2.69. The van der Waals surface area contributed by atoms with E-state index in [1.165, 1.54) is 6.07 Å². The molecule has 0 radical (unpaired) electrons. The Labute approximate surface area is 164 Å². The van der Waals surface area contributed by atoms with Crippen LogP contribution in [0.2, 0.25) is 0 Å². The first-order valence-electron chi connectivity index (χ1n) is 10.6. The number of rotatable bonds is 2. The van der Waals surface area contributed by atoms with Crippen LogP contribution < -0.4 is 0 Å². The van der Waals surface area contributed by atoms with Gasteiger partial charge in [-0.1, -0.05) is 0 Å². The highest BCUT2D eigenvalue weighted by atomic mass is 16.4. The lowest BCUT2D eigenvalue weighted by atomic mass is 9.46. The number of piperidine rings is 1. The van der Waals surface area contributed by atoms with E-state index in [1.54, 1.807) is 0 Å². The number of carbonyl (C=O) groups excluding carboxylic acids is 1. The van der Waals surface area contributed by atoms with Crippen molar-refractivity contribution in [2.24, 2.45) is 11.8 Å². The zero-order valence-corrected chi connectivity index (χ0v) is 16.2. The average molecular weight is 386 g/mol. The van der Waals surface area contributed by atoms with Gasteiger partial charge in [0, 0.05) is 41.7 Å². The molecule has 2 saturated carbocycles. The van der Waals surface area contributed by atoms with Crippen LogP contribution in [-0.2, 0) is 23.1 Å². The Bertz CT molecular complexity index is 941. The molecule has 6 heteroatoms. The van der Waals surface area contributed by atoms with Crippen molar-refractivity contribution in [2.45, 2.75) is 61.7 Å². The molecule has 4 N–H and O–H groups in total. The van der Waals surface area contributed by atoms with Crippen LogP contribution in [0.25, 0.3) is 0 Å². The Morgan fingerprint density at radius 3 is 2.57 bits per heavy atom. The van der Waals surface area contributed by atoms with E-state index >= 15 is 0 Å². The number of Topliss-reactive ketones (excluding diaryl/α,β-unsaturated/α-hetero) is 1. The van der Waals surface area contributed by atoms with Gasteiger partial charge in [0.15, 0.2) is 5.60 Å². The number of phenolic OH excluding ortho intramolecular Hbond substituents is 2. The van der Waals surface area contributed by atoms with Gasteiger partial charge in [0.2, 0.25) is 5.72 Å². The van der Waals surface area contributed by atoms with Crippen LogP contribution in [0, 0.1) is 11.8 Å². The molecule has 3 fully saturated rings. The summed E-state index contributed by atoms with van der Waals surface area (Å²) in [6.45, 7) is 1.50. The summed E-state index contributed by atoms with van der Waals surface area (Å²) in [4.78, 5) is 13.0. The lowest BCUT2D eigenvalue weighted by molar-refractivity contribution is -1.00. The maximum Gasteiger partial charge on any atom is 0.235 e. The molecule has 150 valence electrons. The van der Waals surface area contributed by atoms with Crippen LogP contribution in [0.5, 0.6) is 11.5 Å². The van der Waals surface area contributed by atoms with Crippen molar-refractivity contribution >= 4 is 5.78 Å². The summed E-state index contributed by atoms with van der Waals surface area (Å²) in [7, 11) is 2.03. The topological polar surface area (TPSA) is 98.0 Å². The molecule has 1 aliphatic heterocycles. The van der Waals surface area contributed by atoms with E-state index in [1.807, 2.05) is 7.05 Å². The smallest absolute Gasteiger partial charge is 0.235 e. The van der Waals surface area contributed by atoms with Crippen LogP contribution in [-0.4, -0.2) is 62.2 Å². The molecule has 0 amide bonds. The molecule has 1 spiro atoms. The third kappa shape index (κ3) is 1.59. The molecule has 1 aromatic carbocycles. The number of hydrogen-bond acceptors (Lipinski definition) is 5. The molecule has 0 aromatic heterocycles. The Kier molecular flexibility index (Phi) is 2.92. The minimum Gasteiger partial charge on any atom is -0.508 e. The Morgan fingerprint density at radius 2 is 1.86 bits per heavy atom. The maximum atomic E-state index is 13.0. The van der Waals surface area contributed by atoms with Crippen LogP contribution in [0.1, 0.15) is 48.8 Å². The zero-order chi connectivity index (χ0) is 19.7. The largest absolute Gasteiger partial charge is 0.508 e. The monoisotopic (exact) mass is 386 g/mol. The number of likely N-dealkylation sites (N-methyl/N-ethyl adjacent to an activating group) is 1. The van der Waals surface area contributed by atoms with Crippen molar-refractivity contribution in [3.63, 3.8) is 0 Å². The second-order valence-corrected chi connectivity index (χ2v) is 10.3. The molecule has 0 unspecified atom stereocenters. The van der Waals surface area contributed by atoms with Gasteiger partial charge in [-0.05, 0) is 36.8 Å². The van der Waals surface area contributed by atoms with E-state index in [9.17, 15) is 25.2 Å². The van der Waals surface area contributed by atoms with Crippen molar-refractivity contribution < 1.29 is 29.7 Å². The predicted octanol–water partition coefficient (Wildman–Crippen LogP) is 1.11. The molecule has 1 saturated heterocycles. The van der Waals surface area contributed by atoms with Gasteiger partial charge in [0.1, 0.15) is 17.3 Å². The summed E-state index contributed by atoms with van der Waals surface area (Å²) in [6.07, 6.45) is 3.95. The van der Waals surface area contributed by atoms with Crippen LogP contribution in [0.4, 0.5) is 0 Å². The first-order chi connectivity index (χ1) is 13.2. The number of benzene rings is 1. The van der Waals surface area contributed by atoms with E-state index < -0.39 is 22.7 Å². The number of carbonyl (C=O) groups is 1. The first kappa shape index (κ1) is 17.2. The summed E-state index contributed by atoms with van der Waals surface area (Å²) in [6, 6.07) is 1.35. The van der Waals surface area contributed by atoms with Gasteiger partial charge in [-0.3, -0.25) is 9.28 Å². The molecule has 2 bridgehead atoms. The van der Waals surface area contributed by atoms with Gasteiger partial charge in [0.05, 0.1) is 26.6 Å². The van der Waals surface area contributed by atoms with Crippen molar-refractivity contribution in [1.29, 1.82) is 0 Å². The lowest BCUT2D eigenvalue weighted by Crippen LogP contribution is -2.86. The molecule has 1 aromatic rings. The lowest BCUT2D eigenvalue weighted by Gasteiger charge is -2.68. The van der Waals surface area contributed by atoms with Crippen molar-refractivity contribution in [3.8, 4) is 11.5 Å². The van der Waals surface area contributed by atoms with Crippen molar-refractivity contribution in [1.82, 2.24) is 0 Å². The Morgan fingerprint density at radius 1 is 1.14 bits per heavy atom. The molecule has 5 aliphatic rings. The molecule has 6 rings (SSSR count). The average Bonchev–Trinajstić information content (AvgIpc) is 3.36. The number of aromatic hydroxyl groups is 2. The molecular weight excluding hydrogens is 358 g/mol. The minimum atomic E-state index is -1.45. The fraction of sp³-hybridized carbons (Fsp3) is 0.682. The van der Waals surface area contributed by atoms with Gasteiger partial charge in [-0.25, -0.2) is 0 Å². The number of likely N-dealkylation sites (tertiary alicyclic amines) is 1. The summed E-state index contributed by atoms with van der Waals surface area (Å²) in [5.41, 5.74) is -1.72. The second-order valence-electron chi connectivity index (χ2n) is 10.3. The molecule has 1 heterocycles. The van der Waals surface area contributed by atoms with Gasteiger partial charge < -0.3 is 20.4 Å². The van der Waals surface area contributed by atoms with Gasteiger partial charge in [-0.2, -0.15) is 0 Å². The predicted molar refractivity (Wildman–Crippen MR) is 99.7 cm³/mol. The normalized spacial score (nSPS) is 45.8. The summed E-state index contributed by atoms with van der Waals surface area (Å²) >= 11 is 0. The number of ketones is 1. The van der Waals surface area contributed by atoms with E-state index in [-0.39, 0.29) is 36.5 Å². The van der Waals surface area contributed by atoms with Crippen molar-refractivity contribution in [2.75, 3.05) is 20.1 Å². The third-order valence-corrected chi connectivity index (χ3v) is 9.14.